The highest BCUT2D eigenvalue weighted by Gasteiger charge is 2.30. The average molecular weight is 337 g/mol. The maximum absolute atomic E-state index is 12.3. The molecule has 4 N–H and O–H groups in total. The van der Waals surface area contributed by atoms with E-state index in [9.17, 15) is 9.59 Å². The Morgan fingerprint density at radius 2 is 1.96 bits per heavy atom. The van der Waals surface area contributed by atoms with Gasteiger partial charge in [-0.25, -0.2) is 4.79 Å². The summed E-state index contributed by atoms with van der Waals surface area (Å²) in [6.07, 6.45) is -0.923. The monoisotopic (exact) mass is 337 g/mol. The Hall–Kier alpha value is -2.12. The van der Waals surface area contributed by atoms with Crippen LogP contribution in [0.5, 0.6) is 0 Å². The van der Waals surface area contributed by atoms with Crippen molar-refractivity contribution in [1.82, 2.24) is 4.90 Å². The minimum Gasteiger partial charge on any atom is -0.480 e. The molecule has 1 rings (SSSR count). The number of nitrogens with two attached hydrogens (primary N) is 1. The molecule has 0 fully saturated rings. The van der Waals surface area contributed by atoms with E-state index in [0.717, 1.165) is 16.8 Å². The number of rotatable bonds is 8. The minimum absolute atomic E-state index is 0.232. The Kier molecular flexibility index (Phi) is 7.18. The number of likely N-dealkylation sites (N-methyl/N-ethyl adjacent to an activating group) is 1. The quantitative estimate of drug-likeness (QED) is 0.608. The third-order valence-electron chi connectivity index (χ3n) is 3.62. The smallest absolute Gasteiger partial charge is 0.328 e. The van der Waals surface area contributed by atoms with Gasteiger partial charge in [-0.05, 0) is 52.1 Å². The number of hydrogen-bond donors (Lipinski definition) is 3. The Labute approximate surface area is 142 Å². The van der Waals surface area contributed by atoms with E-state index in [1.165, 1.54) is 0 Å². The van der Waals surface area contributed by atoms with Crippen molar-refractivity contribution in [3.63, 3.8) is 0 Å². The van der Waals surface area contributed by atoms with Gasteiger partial charge in [-0.15, -0.1) is 0 Å². The van der Waals surface area contributed by atoms with Crippen LogP contribution >= 0.6 is 0 Å². The van der Waals surface area contributed by atoms with Crippen molar-refractivity contribution in [3.8, 4) is 0 Å². The van der Waals surface area contributed by atoms with Gasteiger partial charge in [0.2, 0.25) is 0 Å². The molecule has 0 amide bonds. The van der Waals surface area contributed by atoms with Gasteiger partial charge in [-0.2, -0.15) is 0 Å². The normalized spacial score (nSPS) is 14.8. The molecule has 0 heterocycles. The summed E-state index contributed by atoms with van der Waals surface area (Å²) in [6.45, 7) is 5.81. The highest BCUT2D eigenvalue weighted by atomic mass is 16.5. The van der Waals surface area contributed by atoms with Crippen LogP contribution < -0.4 is 11.1 Å². The van der Waals surface area contributed by atoms with Crippen LogP contribution in [0.2, 0.25) is 0 Å². The van der Waals surface area contributed by atoms with Crippen LogP contribution in [-0.2, 0) is 14.3 Å². The third-order valence-corrected chi connectivity index (χ3v) is 3.62. The lowest BCUT2D eigenvalue weighted by Gasteiger charge is -2.26. The molecule has 0 aliphatic heterocycles. The van der Waals surface area contributed by atoms with Gasteiger partial charge in [-0.3, -0.25) is 4.79 Å². The summed E-state index contributed by atoms with van der Waals surface area (Å²) in [4.78, 5) is 25.1. The first kappa shape index (κ1) is 19.9. The van der Waals surface area contributed by atoms with E-state index in [1.54, 1.807) is 25.9 Å². The predicted molar refractivity (Wildman–Crippen MR) is 93.0 cm³/mol. The van der Waals surface area contributed by atoms with Crippen molar-refractivity contribution < 1.29 is 19.4 Å². The first-order chi connectivity index (χ1) is 11.1. The predicted octanol–water partition coefficient (Wildman–Crippen LogP) is 0.989. The van der Waals surface area contributed by atoms with E-state index in [1.807, 2.05) is 32.0 Å². The van der Waals surface area contributed by atoms with E-state index in [4.69, 9.17) is 15.6 Å². The number of nitrogens with one attached hydrogen (secondary N) is 1. The maximum atomic E-state index is 12.3. The first-order valence-electron chi connectivity index (χ1n) is 7.79. The number of nitrogens with zero attached hydrogens (tertiary/aromatic N) is 1. The number of carboxylic acids is 1. The van der Waals surface area contributed by atoms with Gasteiger partial charge < -0.3 is 25.8 Å². The summed E-state index contributed by atoms with van der Waals surface area (Å²) in [5.41, 5.74) is 8.55. The summed E-state index contributed by atoms with van der Waals surface area (Å²) < 4.78 is 5.34. The Morgan fingerprint density at radius 3 is 2.50 bits per heavy atom. The first-order valence-corrected chi connectivity index (χ1v) is 7.79. The lowest BCUT2D eigenvalue weighted by atomic mass is 10.1. The zero-order valence-corrected chi connectivity index (χ0v) is 14.9. The Balaban J connectivity index is 2.79. The van der Waals surface area contributed by atoms with Crippen LogP contribution in [0.4, 0.5) is 5.69 Å². The second-order valence-corrected chi connectivity index (χ2v) is 6.29. The van der Waals surface area contributed by atoms with Crippen LogP contribution in [0.1, 0.15) is 18.1 Å². The fourth-order valence-electron chi connectivity index (χ4n) is 2.18. The molecule has 134 valence electrons. The average Bonchev–Trinajstić information content (AvgIpc) is 2.48. The molecule has 1 aromatic rings. The Morgan fingerprint density at radius 1 is 1.33 bits per heavy atom. The molecule has 1 aromatic carbocycles. The van der Waals surface area contributed by atoms with Crippen molar-refractivity contribution in [3.05, 3.63) is 29.3 Å². The highest BCUT2D eigenvalue weighted by molar-refractivity contribution is 5.80. The van der Waals surface area contributed by atoms with Gasteiger partial charge >= 0.3 is 11.9 Å². The van der Waals surface area contributed by atoms with Crippen molar-refractivity contribution in [2.75, 3.05) is 26.0 Å². The highest BCUT2D eigenvalue weighted by Crippen LogP contribution is 2.18. The molecule has 7 nitrogen and oxygen atoms in total. The zero-order valence-electron chi connectivity index (χ0n) is 14.9. The summed E-state index contributed by atoms with van der Waals surface area (Å²) in [6, 6.07) is 3.99. The number of anilines is 1. The number of carbonyl (C=O) groups is 2. The molecule has 0 aliphatic carbocycles. The van der Waals surface area contributed by atoms with Gasteiger partial charge in [0.05, 0.1) is 0 Å². The molecular formula is C17H27N3O4. The number of carboxylic acid groups (broad SMARTS) is 1. The number of ether oxygens (including phenoxy) is 1. The van der Waals surface area contributed by atoms with Crippen molar-refractivity contribution in [1.29, 1.82) is 0 Å². The van der Waals surface area contributed by atoms with Crippen molar-refractivity contribution in [2.24, 2.45) is 5.73 Å². The Bertz CT molecular complexity index is 589. The van der Waals surface area contributed by atoms with Crippen LogP contribution in [0, 0.1) is 13.8 Å². The molecule has 7 heteroatoms. The fourth-order valence-corrected chi connectivity index (χ4v) is 2.18. The molecule has 0 radical (unpaired) electrons. The number of esters is 1. The number of benzene rings is 1. The standard InChI is InChI=1S/C17H27N3O4/c1-10-6-7-11(2)13(8-10)19-12(3)17(23)24-14(9-20(4)5)15(18)16(21)22/h6-8,12,14-15,19H,9,18H2,1-5H3,(H,21,22)/t12-,14?,15?/m0/s1. The summed E-state index contributed by atoms with van der Waals surface area (Å²) >= 11 is 0. The van der Waals surface area contributed by atoms with Gasteiger partial charge in [0.1, 0.15) is 18.2 Å². The molecule has 0 saturated heterocycles. The second kappa shape index (κ2) is 8.65. The van der Waals surface area contributed by atoms with Gasteiger partial charge in [0.25, 0.3) is 0 Å². The SMILES string of the molecule is Cc1ccc(C)c(N[C@@H](C)C(=O)OC(CN(C)C)C(N)C(=O)O)c1. The molecule has 3 atom stereocenters. The van der Waals surface area contributed by atoms with Crippen molar-refractivity contribution in [2.45, 2.75) is 39.0 Å². The molecule has 24 heavy (non-hydrogen) atoms. The van der Waals surface area contributed by atoms with Gasteiger partial charge in [0.15, 0.2) is 0 Å². The number of aliphatic carboxylic acids is 1. The maximum Gasteiger partial charge on any atom is 0.328 e. The van der Waals surface area contributed by atoms with Crippen molar-refractivity contribution >= 4 is 17.6 Å². The summed E-state index contributed by atoms with van der Waals surface area (Å²) in [5.74, 6) is -1.75. The molecule has 0 aromatic heterocycles. The van der Waals surface area contributed by atoms with Crippen LogP contribution in [0.15, 0.2) is 18.2 Å². The van der Waals surface area contributed by atoms with E-state index >= 15 is 0 Å². The lowest BCUT2D eigenvalue weighted by molar-refractivity contribution is -0.155. The summed E-state index contributed by atoms with van der Waals surface area (Å²) in [7, 11) is 3.51. The number of hydrogen-bond acceptors (Lipinski definition) is 6. The molecule has 0 bridgehead atoms. The third kappa shape index (κ3) is 5.82. The van der Waals surface area contributed by atoms with Crippen LogP contribution in [-0.4, -0.2) is 60.8 Å². The van der Waals surface area contributed by atoms with Crippen LogP contribution in [0.25, 0.3) is 0 Å². The molecule has 2 unspecified atom stereocenters. The number of carbonyl (C=O) groups excluding carboxylic acids is 1. The number of aryl methyl sites for hydroxylation is 2. The second-order valence-electron chi connectivity index (χ2n) is 6.29. The largest absolute Gasteiger partial charge is 0.480 e. The molecular weight excluding hydrogens is 310 g/mol. The van der Waals surface area contributed by atoms with Gasteiger partial charge in [-0.1, -0.05) is 12.1 Å². The summed E-state index contributed by atoms with van der Waals surface area (Å²) in [5, 5.41) is 12.2. The molecule has 0 spiro atoms. The fraction of sp³-hybridized carbons (Fsp3) is 0.529. The minimum atomic E-state index is -1.27. The molecule has 0 aliphatic rings. The molecule has 0 saturated carbocycles. The van der Waals surface area contributed by atoms with E-state index in [0.29, 0.717) is 0 Å². The van der Waals surface area contributed by atoms with Gasteiger partial charge in [0, 0.05) is 12.2 Å². The lowest BCUT2D eigenvalue weighted by Crippen LogP contribution is -2.50. The van der Waals surface area contributed by atoms with Crippen LogP contribution in [0.3, 0.4) is 0 Å². The van der Waals surface area contributed by atoms with E-state index < -0.39 is 30.1 Å². The van der Waals surface area contributed by atoms with E-state index in [2.05, 4.69) is 5.32 Å². The topological polar surface area (TPSA) is 105 Å². The van der Waals surface area contributed by atoms with E-state index in [-0.39, 0.29) is 6.54 Å². The zero-order chi connectivity index (χ0) is 18.4.